The average molecular weight is 250 g/mol. The summed E-state index contributed by atoms with van der Waals surface area (Å²) in [7, 11) is 0. The maximum absolute atomic E-state index is 13.1. The lowest BCUT2D eigenvalue weighted by Crippen LogP contribution is -2.09. The molecule has 94 valence electrons. The number of rotatable bonds is 4. The monoisotopic (exact) mass is 250 g/mol. The molecule has 0 fully saturated rings. The molecule has 0 radical (unpaired) electrons. The van der Waals surface area contributed by atoms with Gasteiger partial charge < -0.3 is 4.74 Å². The van der Waals surface area contributed by atoms with Gasteiger partial charge in [0.25, 0.3) is 0 Å². The van der Waals surface area contributed by atoms with Gasteiger partial charge in [0.15, 0.2) is 23.3 Å². The maximum atomic E-state index is 13.1. The highest BCUT2D eigenvalue weighted by molar-refractivity contribution is 5.69. The molecule has 0 unspecified atom stereocenters. The third kappa shape index (κ3) is 3.18. The Kier molecular flexibility index (Phi) is 4.48. The smallest absolute Gasteiger partial charge is 0.306 e. The summed E-state index contributed by atoms with van der Waals surface area (Å²) in [6.45, 7) is 0.884. The predicted molar refractivity (Wildman–Crippen MR) is 51.0 cm³/mol. The first-order chi connectivity index (χ1) is 7.97. The predicted octanol–water partition coefficient (Wildman–Crippen LogP) is 3.09. The molecule has 0 N–H and O–H groups in total. The molecule has 17 heavy (non-hydrogen) atoms. The van der Waals surface area contributed by atoms with Crippen LogP contribution in [-0.2, 0) is 16.1 Å². The molecule has 0 aliphatic carbocycles. The van der Waals surface area contributed by atoms with E-state index in [4.69, 9.17) is 0 Å². The van der Waals surface area contributed by atoms with Crippen LogP contribution in [0.25, 0.3) is 0 Å². The molecule has 1 rings (SSSR count). The van der Waals surface area contributed by atoms with Crippen molar-refractivity contribution in [2.24, 2.45) is 0 Å². The molecule has 6 heteroatoms. The lowest BCUT2D eigenvalue weighted by Gasteiger charge is -2.07. The van der Waals surface area contributed by atoms with Gasteiger partial charge in [-0.3, -0.25) is 4.79 Å². The summed E-state index contributed by atoms with van der Waals surface area (Å²) in [6.07, 6.45) is 0.572. The van der Waals surface area contributed by atoms with E-state index in [1.807, 2.05) is 0 Å². The number of hydrogen-bond acceptors (Lipinski definition) is 2. The van der Waals surface area contributed by atoms with Gasteiger partial charge in [0.05, 0.1) is 5.56 Å². The van der Waals surface area contributed by atoms with E-state index in [0.29, 0.717) is 6.42 Å². The maximum Gasteiger partial charge on any atom is 0.306 e. The zero-order valence-corrected chi connectivity index (χ0v) is 9.03. The molecule has 1 aromatic carbocycles. The molecule has 0 heterocycles. The second-order valence-corrected chi connectivity index (χ2v) is 3.36. The molecule has 0 saturated heterocycles. The third-order valence-electron chi connectivity index (χ3n) is 2.03. The molecular weight excluding hydrogens is 240 g/mol. The summed E-state index contributed by atoms with van der Waals surface area (Å²) in [6, 6.07) is 0.0992. The van der Waals surface area contributed by atoms with Crippen molar-refractivity contribution in [2.75, 3.05) is 0 Å². The van der Waals surface area contributed by atoms with Crippen LogP contribution in [0, 0.1) is 23.3 Å². The lowest BCUT2D eigenvalue weighted by atomic mass is 10.2. The fourth-order valence-corrected chi connectivity index (χ4v) is 1.18. The van der Waals surface area contributed by atoms with Crippen LogP contribution in [0.1, 0.15) is 25.3 Å². The summed E-state index contributed by atoms with van der Waals surface area (Å²) in [5, 5.41) is 0. The first kappa shape index (κ1) is 13.5. The van der Waals surface area contributed by atoms with E-state index in [1.165, 1.54) is 0 Å². The standard InChI is InChI=1S/C11H10F4O2/c1-2-3-9(16)17-5-6-10(14)7(12)4-8(13)11(6)15/h4H,2-3,5H2,1H3. The average Bonchev–Trinajstić information content (AvgIpc) is 2.27. The van der Waals surface area contributed by atoms with Crippen LogP contribution in [0.2, 0.25) is 0 Å². The van der Waals surface area contributed by atoms with Crippen molar-refractivity contribution < 1.29 is 27.1 Å². The van der Waals surface area contributed by atoms with Crippen molar-refractivity contribution in [3.63, 3.8) is 0 Å². The Labute approximate surface area is 95.2 Å². The minimum absolute atomic E-state index is 0.0705. The number of ether oxygens (including phenoxy) is 1. The van der Waals surface area contributed by atoms with Gasteiger partial charge in [-0.25, -0.2) is 17.6 Å². The SMILES string of the molecule is CCCC(=O)OCc1c(F)c(F)cc(F)c1F. The van der Waals surface area contributed by atoms with Gasteiger partial charge in [-0.05, 0) is 6.42 Å². The lowest BCUT2D eigenvalue weighted by molar-refractivity contribution is -0.145. The summed E-state index contributed by atoms with van der Waals surface area (Å²) in [5.41, 5.74) is -0.924. The fraction of sp³-hybridized carbons (Fsp3) is 0.364. The largest absolute Gasteiger partial charge is 0.461 e. The Balaban J connectivity index is 2.87. The van der Waals surface area contributed by atoms with E-state index >= 15 is 0 Å². The molecule has 0 spiro atoms. The molecule has 0 aliphatic heterocycles. The highest BCUT2D eigenvalue weighted by Crippen LogP contribution is 2.20. The molecule has 0 saturated carbocycles. The van der Waals surface area contributed by atoms with E-state index < -0.39 is 41.4 Å². The zero-order valence-electron chi connectivity index (χ0n) is 9.03. The van der Waals surface area contributed by atoms with Crippen molar-refractivity contribution in [1.29, 1.82) is 0 Å². The highest BCUT2D eigenvalue weighted by Gasteiger charge is 2.20. The van der Waals surface area contributed by atoms with Crippen molar-refractivity contribution >= 4 is 5.97 Å². The van der Waals surface area contributed by atoms with E-state index in [0.717, 1.165) is 0 Å². The van der Waals surface area contributed by atoms with Gasteiger partial charge in [0.2, 0.25) is 0 Å². The van der Waals surface area contributed by atoms with Crippen LogP contribution in [0.4, 0.5) is 17.6 Å². The van der Waals surface area contributed by atoms with Gasteiger partial charge in [0.1, 0.15) is 6.61 Å². The second kappa shape index (κ2) is 5.65. The van der Waals surface area contributed by atoms with Gasteiger partial charge in [-0.15, -0.1) is 0 Å². The van der Waals surface area contributed by atoms with Crippen LogP contribution in [0.5, 0.6) is 0 Å². The minimum atomic E-state index is -1.55. The van der Waals surface area contributed by atoms with Crippen molar-refractivity contribution in [3.05, 3.63) is 34.9 Å². The molecule has 2 nitrogen and oxygen atoms in total. The number of hydrogen-bond donors (Lipinski definition) is 0. The Morgan fingerprint density at radius 2 is 1.71 bits per heavy atom. The Morgan fingerprint density at radius 1 is 1.18 bits per heavy atom. The summed E-state index contributed by atoms with van der Waals surface area (Å²) in [5.74, 6) is -6.83. The van der Waals surface area contributed by atoms with E-state index in [2.05, 4.69) is 4.74 Å². The van der Waals surface area contributed by atoms with Gasteiger partial charge in [-0.2, -0.15) is 0 Å². The summed E-state index contributed by atoms with van der Waals surface area (Å²) >= 11 is 0. The van der Waals surface area contributed by atoms with Crippen LogP contribution in [-0.4, -0.2) is 5.97 Å². The molecule has 0 atom stereocenters. The summed E-state index contributed by atoms with van der Waals surface area (Å²) < 4.78 is 56.2. The van der Waals surface area contributed by atoms with Crippen LogP contribution in [0.15, 0.2) is 6.07 Å². The minimum Gasteiger partial charge on any atom is -0.461 e. The molecule has 1 aromatic rings. The molecule has 0 bridgehead atoms. The number of carbonyl (C=O) groups is 1. The third-order valence-corrected chi connectivity index (χ3v) is 2.03. The van der Waals surface area contributed by atoms with Gasteiger partial charge >= 0.3 is 5.97 Å². The Hall–Kier alpha value is -1.59. The van der Waals surface area contributed by atoms with Crippen molar-refractivity contribution in [1.82, 2.24) is 0 Å². The number of esters is 1. The highest BCUT2D eigenvalue weighted by atomic mass is 19.2. The molecule has 0 aliphatic rings. The van der Waals surface area contributed by atoms with Crippen LogP contribution < -0.4 is 0 Å². The summed E-state index contributed by atoms with van der Waals surface area (Å²) in [4.78, 5) is 11.0. The van der Waals surface area contributed by atoms with Crippen molar-refractivity contribution in [2.45, 2.75) is 26.4 Å². The molecule has 0 aromatic heterocycles. The van der Waals surface area contributed by atoms with Crippen molar-refractivity contribution in [3.8, 4) is 0 Å². The first-order valence-electron chi connectivity index (χ1n) is 4.94. The molecular formula is C11H10F4O2. The van der Waals surface area contributed by atoms with E-state index in [1.54, 1.807) is 6.92 Å². The number of benzene rings is 1. The van der Waals surface area contributed by atoms with Crippen LogP contribution in [0.3, 0.4) is 0 Å². The van der Waals surface area contributed by atoms with Crippen LogP contribution >= 0.6 is 0 Å². The normalized spacial score (nSPS) is 10.4. The second-order valence-electron chi connectivity index (χ2n) is 3.36. The fourth-order valence-electron chi connectivity index (χ4n) is 1.18. The number of halogens is 4. The van der Waals surface area contributed by atoms with Gasteiger partial charge in [0, 0.05) is 12.5 Å². The van der Waals surface area contributed by atoms with Gasteiger partial charge in [-0.1, -0.05) is 6.92 Å². The Morgan fingerprint density at radius 3 is 2.18 bits per heavy atom. The first-order valence-corrected chi connectivity index (χ1v) is 4.94. The number of carbonyl (C=O) groups excluding carboxylic acids is 1. The van der Waals surface area contributed by atoms with E-state index in [9.17, 15) is 22.4 Å². The van der Waals surface area contributed by atoms with E-state index in [-0.39, 0.29) is 12.5 Å². The quantitative estimate of drug-likeness (QED) is 0.466. The Bertz CT molecular complexity index is 406. The zero-order chi connectivity index (χ0) is 13.0. The molecule has 0 amide bonds. The topological polar surface area (TPSA) is 26.3 Å².